The highest BCUT2D eigenvalue weighted by Crippen LogP contribution is 2.34. The second kappa shape index (κ2) is 6.17. The molecule has 0 N–H and O–H groups in total. The smallest absolute Gasteiger partial charge is 0.410 e. The van der Waals surface area contributed by atoms with Gasteiger partial charge in [-0.15, -0.1) is 0 Å². The summed E-state index contributed by atoms with van der Waals surface area (Å²) in [4.78, 5) is 14.6. The molecule has 0 radical (unpaired) electrons. The largest absolute Gasteiger partial charge is 0.444 e. The van der Waals surface area contributed by atoms with Crippen molar-refractivity contribution >= 4 is 6.09 Å². The summed E-state index contributed by atoms with van der Waals surface area (Å²) in [6.45, 7) is 6.64. The van der Waals surface area contributed by atoms with Gasteiger partial charge in [0, 0.05) is 25.3 Å². The summed E-state index contributed by atoms with van der Waals surface area (Å²) in [5, 5.41) is 4.39. The van der Waals surface area contributed by atoms with Gasteiger partial charge in [-0.05, 0) is 70.8 Å². The van der Waals surface area contributed by atoms with Crippen molar-refractivity contribution in [1.29, 1.82) is 0 Å². The molecule has 1 aromatic rings. The van der Waals surface area contributed by atoms with Crippen molar-refractivity contribution in [2.45, 2.75) is 70.9 Å². The van der Waals surface area contributed by atoms with Gasteiger partial charge >= 0.3 is 6.09 Å². The number of likely N-dealkylation sites (tertiary alicyclic amines) is 1. The van der Waals surface area contributed by atoms with E-state index in [1.165, 1.54) is 17.7 Å². The van der Waals surface area contributed by atoms with Crippen LogP contribution in [0.3, 0.4) is 0 Å². The zero-order chi connectivity index (χ0) is 16.6. The predicted octanol–water partition coefficient (Wildman–Crippen LogP) is 3.31. The number of carbonyl (C=O) groups excluding carboxylic acids is 1. The molecule has 0 bridgehead atoms. The van der Waals surface area contributed by atoms with E-state index < -0.39 is 5.60 Å². The summed E-state index contributed by atoms with van der Waals surface area (Å²) < 4.78 is 7.65. The van der Waals surface area contributed by atoms with Gasteiger partial charge in [0.1, 0.15) is 5.60 Å². The summed E-state index contributed by atoms with van der Waals surface area (Å²) >= 11 is 0. The fraction of sp³-hybridized carbons (Fsp3) is 0.778. The Morgan fingerprint density at radius 1 is 1.30 bits per heavy atom. The fourth-order valence-electron chi connectivity index (χ4n) is 3.99. The Kier molecular flexibility index (Phi) is 4.39. The molecule has 0 saturated carbocycles. The molecule has 2 unspecified atom stereocenters. The first-order chi connectivity index (χ1) is 10.8. The molecule has 1 saturated heterocycles. The molecule has 1 aromatic heterocycles. The van der Waals surface area contributed by atoms with Crippen molar-refractivity contribution in [3.05, 3.63) is 17.5 Å². The normalized spacial score (nSPS) is 25.1. The number of amides is 1. The Morgan fingerprint density at radius 3 is 2.83 bits per heavy atom. The summed E-state index contributed by atoms with van der Waals surface area (Å²) in [7, 11) is 2.02. The van der Waals surface area contributed by atoms with Crippen LogP contribution in [0.2, 0.25) is 0 Å². The Balaban J connectivity index is 1.74. The Hall–Kier alpha value is -1.52. The monoisotopic (exact) mass is 319 g/mol. The van der Waals surface area contributed by atoms with E-state index in [1.807, 2.05) is 43.6 Å². The van der Waals surface area contributed by atoms with E-state index in [9.17, 15) is 4.79 Å². The van der Waals surface area contributed by atoms with E-state index in [1.54, 1.807) is 0 Å². The van der Waals surface area contributed by atoms with E-state index >= 15 is 0 Å². The topological polar surface area (TPSA) is 47.4 Å². The van der Waals surface area contributed by atoms with Gasteiger partial charge < -0.3 is 9.64 Å². The van der Waals surface area contributed by atoms with Crippen LogP contribution in [0, 0.1) is 5.92 Å². The minimum Gasteiger partial charge on any atom is -0.444 e. The van der Waals surface area contributed by atoms with Crippen molar-refractivity contribution in [2.75, 3.05) is 6.54 Å². The minimum absolute atomic E-state index is 0.141. The Labute approximate surface area is 139 Å². The van der Waals surface area contributed by atoms with Gasteiger partial charge in [-0.2, -0.15) is 5.10 Å². The maximum Gasteiger partial charge on any atom is 0.410 e. The molecule has 23 heavy (non-hydrogen) atoms. The molecule has 2 aliphatic rings. The first-order valence-corrected chi connectivity index (χ1v) is 8.84. The van der Waals surface area contributed by atoms with Crippen molar-refractivity contribution in [3.63, 3.8) is 0 Å². The highest BCUT2D eigenvalue weighted by Gasteiger charge is 2.37. The second-order valence-electron chi connectivity index (χ2n) is 7.98. The number of hydrogen-bond acceptors (Lipinski definition) is 3. The van der Waals surface area contributed by atoms with Crippen molar-refractivity contribution in [3.8, 4) is 0 Å². The van der Waals surface area contributed by atoms with E-state index in [4.69, 9.17) is 4.74 Å². The number of ether oxygens (including phenoxy) is 1. The lowest BCUT2D eigenvalue weighted by atomic mass is 9.79. The number of piperidine rings is 1. The van der Waals surface area contributed by atoms with E-state index in [0.29, 0.717) is 12.0 Å². The van der Waals surface area contributed by atoms with Crippen molar-refractivity contribution < 1.29 is 9.53 Å². The van der Waals surface area contributed by atoms with Gasteiger partial charge in [0.2, 0.25) is 0 Å². The highest BCUT2D eigenvalue weighted by atomic mass is 16.6. The SMILES string of the molecule is Cn1ncc2c1CC(C1CCCCN1C(=O)OC(C)(C)C)CC2. The van der Waals surface area contributed by atoms with Crippen LogP contribution < -0.4 is 0 Å². The summed E-state index contributed by atoms with van der Waals surface area (Å²) in [6.07, 6.45) is 8.48. The molecular formula is C18H29N3O2. The number of nitrogens with zero attached hydrogens (tertiary/aromatic N) is 3. The number of aromatic nitrogens is 2. The second-order valence-corrected chi connectivity index (χ2v) is 7.98. The Bertz CT molecular complexity index is 573. The van der Waals surface area contributed by atoms with Crippen LogP contribution in [0.1, 0.15) is 57.7 Å². The zero-order valence-electron chi connectivity index (χ0n) is 14.8. The minimum atomic E-state index is -0.430. The quantitative estimate of drug-likeness (QED) is 0.798. The van der Waals surface area contributed by atoms with Gasteiger partial charge in [0.25, 0.3) is 0 Å². The molecule has 1 fully saturated rings. The first kappa shape index (κ1) is 16.3. The summed E-state index contributed by atoms with van der Waals surface area (Å²) in [6, 6.07) is 0.307. The van der Waals surface area contributed by atoms with E-state index in [-0.39, 0.29) is 6.09 Å². The lowest BCUT2D eigenvalue weighted by Gasteiger charge is -2.42. The van der Waals surface area contributed by atoms with E-state index in [0.717, 1.165) is 38.6 Å². The fourth-order valence-corrected chi connectivity index (χ4v) is 3.99. The molecule has 2 atom stereocenters. The van der Waals surface area contributed by atoms with Crippen LogP contribution in [-0.2, 0) is 24.6 Å². The molecule has 0 spiro atoms. The Morgan fingerprint density at radius 2 is 2.09 bits per heavy atom. The number of carbonyl (C=O) groups is 1. The van der Waals surface area contributed by atoms with Gasteiger partial charge in [-0.1, -0.05) is 0 Å². The van der Waals surface area contributed by atoms with Gasteiger partial charge in [0.15, 0.2) is 0 Å². The predicted molar refractivity (Wildman–Crippen MR) is 89.3 cm³/mol. The van der Waals surface area contributed by atoms with Crippen molar-refractivity contribution in [1.82, 2.24) is 14.7 Å². The van der Waals surface area contributed by atoms with Crippen LogP contribution in [0.4, 0.5) is 4.79 Å². The molecule has 5 nitrogen and oxygen atoms in total. The zero-order valence-corrected chi connectivity index (χ0v) is 14.8. The summed E-state index contributed by atoms with van der Waals surface area (Å²) in [5.41, 5.74) is 2.29. The molecule has 1 aliphatic heterocycles. The van der Waals surface area contributed by atoms with Crippen LogP contribution in [-0.4, -0.2) is 39.0 Å². The average molecular weight is 319 g/mol. The number of rotatable bonds is 1. The van der Waals surface area contributed by atoms with Crippen LogP contribution in [0.5, 0.6) is 0 Å². The van der Waals surface area contributed by atoms with Crippen LogP contribution in [0.25, 0.3) is 0 Å². The van der Waals surface area contributed by atoms with Crippen molar-refractivity contribution in [2.24, 2.45) is 13.0 Å². The number of fused-ring (bicyclic) bond motifs is 1. The molecule has 1 amide bonds. The third-order valence-corrected chi connectivity index (χ3v) is 5.11. The molecular weight excluding hydrogens is 290 g/mol. The molecule has 3 rings (SSSR count). The van der Waals surface area contributed by atoms with Crippen LogP contribution in [0.15, 0.2) is 6.20 Å². The van der Waals surface area contributed by atoms with E-state index in [2.05, 4.69) is 5.10 Å². The van der Waals surface area contributed by atoms with Gasteiger partial charge in [-0.3, -0.25) is 4.68 Å². The third-order valence-electron chi connectivity index (χ3n) is 5.11. The standard InChI is InChI=1S/C18H29N3O2/c1-18(2,3)23-17(22)21-10-6-5-7-15(21)13-8-9-14-12-19-20(4)16(14)11-13/h12-13,15H,5-11H2,1-4H3. The maximum atomic E-state index is 12.6. The maximum absolute atomic E-state index is 12.6. The first-order valence-electron chi connectivity index (χ1n) is 8.84. The molecule has 1 aliphatic carbocycles. The summed E-state index contributed by atoms with van der Waals surface area (Å²) in [5.74, 6) is 0.519. The average Bonchev–Trinajstić information content (AvgIpc) is 2.86. The highest BCUT2D eigenvalue weighted by molar-refractivity contribution is 5.68. The lowest BCUT2D eigenvalue weighted by Crippen LogP contribution is -2.50. The lowest BCUT2D eigenvalue weighted by molar-refractivity contribution is 0.000170. The molecule has 5 heteroatoms. The van der Waals surface area contributed by atoms with Gasteiger partial charge in [0.05, 0.1) is 6.20 Å². The molecule has 128 valence electrons. The molecule has 0 aromatic carbocycles. The van der Waals surface area contributed by atoms with Gasteiger partial charge in [-0.25, -0.2) is 4.79 Å². The number of aryl methyl sites for hydroxylation is 2. The third kappa shape index (κ3) is 3.54. The van der Waals surface area contributed by atoms with Crippen LogP contribution >= 0.6 is 0 Å². The number of hydrogen-bond donors (Lipinski definition) is 0. The molecule has 2 heterocycles.